The summed E-state index contributed by atoms with van der Waals surface area (Å²) in [6.07, 6.45) is -3.00. The lowest BCUT2D eigenvalue weighted by atomic mass is 10.0. The zero-order valence-corrected chi connectivity index (χ0v) is 7.15. The van der Waals surface area contributed by atoms with Gasteiger partial charge >= 0.3 is 0 Å². The zero-order chi connectivity index (χ0) is 10.9. The predicted molar refractivity (Wildman–Crippen MR) is 41.3 cm³/mol. The van der Waals surface area contributed by atoms with Gasteiger partial charge in [-0.2, -0.15) is 0 Å². The summed E-state index contributed by atoms with van der Waals surface area (Å²) in [5.74, 6) is -3.41. The first-order valence-corrected chi connectivity index (χ1v) is 3.71. The van der Waals surface area contributed by atoms with Crippen LogP contribution in [0.3, 0.4) is 0 Å². The molecular weight excluding hydrogens is 200 g/mol. The van der Waals surface area contributed by atoms with E-state index in [1.807, 2.05) is 0 Å². The van der Waals surface area contributed by atoms with Crippen molar-refractivity contribution in [1.29, 1.82) is 0 Å². The molecule has 0 aromatic heterocycles. The molecule has 0 amide bonds. The van der Waals surface area contributed by atoms with Crippen LogP contribution in [-0.2, 0) is 0 Å². The minimum Gasteiger partial charge on any atom is -0.294 e. The number of rotatable bonds is 2. The van der Waals surface area contributed by atoms with Crippen molar-refractivity contribution >= 4 is 5.78 Å². The van der Waals surface area contributed by atoms with Gasteiger partial charge in [-0.25, -0.2) is 17.6 Å². The van der Waals surface area contributed by atoms with Crippen LogP contribution in [0.15, 0.2) is 12.1 Å². The van der Waals surface area contributed by atoms with Crippen molar-refractivity contribution in [3.8, 4) is 0 Å². The second kappa shape index (κ2) is 3.77. The highest BCUT2D eigenvalue weighted by Crippen LogP contribution is 2.25. The summed E-state index contributed by atoms with van der Waals surface area (Å²) in [5.41, 5.74) is -1.27. The van der Waals surface area contributed by atoms with Gasteiger partial charge in [0, 0.05) is 11.1 Å². The fourth-order valence-electron chi connectivity index (χ4n) is 1.05. The highest BCUT2D eigenvalue weighted by molar-refractivity contribution is 5.95. The van der Waals surface area contributed by atoms with Gasteiger partial charge in [0.15, 0.2) is 17.4 Å². The van der Waals surface area contributed by atoms with E-state index in [2.05, 4.69) is 0 Å². The molecule has 0 radical (unpaired) electrons. The van der Waals surface area contributed by atoms with Gasteiger partial charge < -0.3 is 0 Å². The Kier molecular flexibility index (Phi) is 2.88. The maximum atomic E-state index is 12.6. The normalized spacial score (nSPS) is 10.7. The Balaban J connectivity index is 3.39. The SMILES string of the molecule is CC(=O)c1cc(F)c(F)cc1C(F)F. The van der Waals surface area contributed by atoms with Crippen LogP contribution >= 0.6 is 0 Å². The number of hydrogen-bond acceptors (Lipinski definition) is 1. The van der Waals surface area contributed by atoms with Gasteiger partial charge in [0.25, 0.3) is 6.43 Å². The number of ketones is 1. The van der Waals surface area contributed by atoms with E-state index in [4.69, 9.17) is 0 Å². The summed E-state index contributed by atoms with van der Waals surface area (Å²) in [6, 6.07) is 0.829. The average Bonchev–Trinajstić information content (AvgIpc) is 2.08. The number of alkyl halides is 2. The lowest BCUT2D eigenvalue weighted by molar-refractivity contribution is 0.0998. The molecule has 1 rings (SSSR count). The van der Waals surface area contributed by atoms with Crippen molar-refractivity contribution in [3.63, 3.8) is 0 Å². The highest BCUT2D eigenvalue weighted by Gasteiger charge is 2.19. The summed E-state index contributed by atoms with van der Waals surface area (Å²) in [5, 5.41) is 0. The molecule has 0 aliphatic carbocycles. The molecule has 1 aromatic rings. The van der Waals surface area contributed by atoms with E-state index in [0.717, 1.165) is 6.92 Å². The third kappa shape index (κ3) is 1.92. The third-order valence-corrected chi connectivity index (χ3v) is 1.71. The van der Waals surface area contributed by atoms with Crippen molar-refractivity contribution in [3.05, 3.63) is 34.9 Å². The van der Waals surface area contributed by atoms with Crippen LogP contribution in [0.25, 0.3) is 0 Å². The molecule has 14 heavy (non-hydrogen) atoms. The second-order valence-corrected chi connectivity index (χ2v) is 2.71. The molecule has 0 saturated heterocycles. The number of carbonyl (C=O) groups excluding carboxylic acids is 1. The molecule has 76 valence electrons. The Morgan fingerprint density at radius 3 is 2.14 bits per heavy atom. The van der Waals surface area contributed by atoms with Crippen molar-refractivity contribution < 1.29 is 22.4 Å². The lowest BCUT2D eigenvalue weighted by Gasteiger charge is -2.06. The summed E-state index contributed by atoms with van der Waals surface area (Å²) in [6.45, 7) is 1.01. The number of carbonyl (C=O) groups is 1. The van der Waals surface area contributed by atoms with E-state index in [-0.39, 0.29) is 0 Å². The first-order chi connectivity index (χ1) is 6.43. The van der Waals surface area contributed by atoms with Crippen LogP contribution in [0.1, 0.15) is 29.3 Å². The molecule has 0 aliphatic rings. The summed E-state index contributed by atoms with van der Waals surface area (Å²) in [4.78, 5) is 10.8. The number of hydrogen-bond donors (Lipinski definition) is 0. The molecule has 0 N–H and O–H groups in total. The van der Waals surface area contributed by atoms with Gasteiger partial charge in [-0.3, -0.25) is 4.79 Å². The van der Waals surface area contributed by atoms with Crippen molar-refractivity contribution in [2.75, 3.05) is 0 Å². The van der Waals surface area contributed by atoms with Crippen LogP contribution in [-0.4, -0.2) is 5.78 Å². The fourth-order valence-corrected chi connectivity index (χ4v) is 1.05. The Bertz CT molecular complexity index is 373. The Morgan fingerprint density at radius 1 is 1.21 bits per heavy atom. The number of halogens is 4. The van der Waals surface area contributed by atoms with Gasteiger partial charge in [-0.05, 0) is 19.1 Å². The van der Waals surface area contributed by atoms with E-state index in [1.54, 1.807) is 0 Å². The van der Waals surface area contributed by atoms with E-state index < -0.39 is 35.0 Å². The molecule has 0 atom stereocenters. The first kappa shape index (κ1) is 10.7. The number of Topliss-reactive ketones (excluding diaryl/α,β-unsaturated/α-hetero) is 1. The predicted octanol–water partition coefficient (Wildman–Crippen LogP) is 3.11. The molecule has 1 aromatic carbocycles. The topological polar surface area (TPSA) is 17.1 Å². The molecule has 0 unspecified atom stereocenters. The minimum absolute atomic E-state index is 0.344. The molecule has 5 heteroatoms. The number of benzene rings is 1. The third-order valence-electron chi connectivity index (χ3n) is 1.71. The van der Waals surface area contributed by atoms with Gasteiger partial charge in [0.1, 0.15) is 0 Å². The minimum atomic E-state index is -3.00. The zero-order valence-electron chi connectivity index (χ0n) is 7.15. The van der Waals surface area contributed by atoms with E-state index >= 15 is 0 Å². The Morgan fingerprint density at radius 2 is 1.71 bits per heavy atom. The van der Waals surface area contributed by atoms with Crippen LogP contribution in [0.5, 0.6) is 0 Å². The van der Waals surface area contributed by atoms with Gasteiger partial charge in [-0.1, -0.05) is 0 Å². The van der Waals surface area contributed by atoms with Crippen molar-refractivity contribution in [2.45, 2.75) is 13.3 Å². The Hall–Kier alpha value is -1.39. The van der Waals surface area contributed by atoms with E-state index in [1.165, 1.54) is 0 Å². The van der Waals surface area contributed by atoms with Crippen LogP contribution in [0, 0.1) is 11.6 Å². The summed E-state index contributed by atoms with van der Waals surface area (Å²) < 4.78 is 49.7. The monoisotopic (exact) mass is 206 g/mol. The average molecular weight is 206 g/mol. The first-order valence-electron chi connectivity index (χ1n) is 3.71. The van der Waals surface area contributed by atoms with Gasteiger partial charge in [-0.15, -0.1) is 0 Å². The highest BCUT2D eigenvalue weighted by atomic mass is 19.3. The quantitative estimate of drug-likeness (QED) is 0.536. The summed E-state index contributed by atoms with van der Waals surface area (Å²) in [7, 11) is 0. The standard InChI is InChI=1S/C9H6F4O/c1-4(14)5-2-7(10)8(11)3-6(5)9(12)13/h2-3,9H,1H3. The molecule has 0 heterocycles. The smallest absolute Gasteiger partial charge is 0.264 e. The van der Waals surface area contributed by atoms with Crippen molar-refractivity contribution in [2.24, 2.45) is 0 Å². The lowest BCUT2D eigenvalue weighted by Crippen LogP contribution is -2.03. The maximum absolute atomic E-state index is 12.6. The van der Waals surface area contributed by atoms with Gasteiger partial charge in [0.2, 0.25) is 0 Å². The molecule has 0 spiro atoms. The second-order valence-electron chi connectivity index (χ2n) is 2.71. The van der Waals surface area contributed by atoms with Gasteiger partial charge in [0.05, 0.1) is 0 Å². The van der Waals surface area contributed by atoms with Crippen LogP contribution in [0.2, 0.25) is 0 Å². The van der Waals surface area contributed by atoms with Crippen LogP contribution in [0.4, 0.5) is 17.6 Å². The summed E-state index contributed by atoms with van der Waals surface area (Å²) >= 11 is 0. The largest absolute Gasteiger partial charge is 0.294 e. The fraction of sp³-hybridized carbons (Fsp3) is 0.222. The van der Waals surface area contributed by atoms with Crippen LogP contribution < -0.4 is 0 Å². The Labute approximate surface area is 77.3 Å². The molecular formula is C9H6F4O. The molecule has 0 saturated carbocycles. The van der Waals surface area contributed by atoms with E-state index in [9.17, 15) is 22.4 Å². The van der Waals surface area contributed by atoms with Crippen molar-refractivity contribution in [1.82, 2.24) is 0 Å². The molecule has 0 fully saturated rings. The van der Waals surface area contributed by atoms with E-state index in [0.29, 0.717) is 12.1 Å². The molecule has 1 nitrogen and oxygen atoms in total. The molecule has 0 aliphatic heterocycles. The molecule has 0 bridgehead atoms. The maximum Gasteiger partial charge on any atom is 0.264 e.